The van der Waals surface area contributed by atoms with Crippen molar-refractivity contribution in [3.8, 4) is 5.69 Å². The van der Waals surface area contributed by atoms with Gasteiger partial charge in [0.15, 0.2) is 0 Å². The second kappa shape index (κ2) is 7.87. The van der Waals surface area contributed by atoms with Gasteiger partial charge in [0.05, 0.1) is 24.3 Å². The number of nitrogens with zero attached hydrogens (tertiary/aromatic N) is 4. The van der Waals surface area contributed by atoms with E-state index in [1.165, 1.54) is 11.0 Å². The largest absolute Gasteiger partial charge is 0.466 e. The van der Waals surface area contributed by atoms with Gasteiger partial charge < -0.3 is 10.1 Å². The van der Waals surface area contributed by atoms with Crippen LogP contribution in [0.25, 0.3) is 5.69 Å². The van der Waals surface area contributed by atoms with E-state index in [1.54, 1.807) is 24.3 Å². The smallest absolute Gasteiger partial charge is 0.307 e. The zero-order valence-electron chi connectivity index (χ0n) is 12.2. The minimum absolute atomic E-state index is 0.138. The van der Waals surface area contributed by atoms with Crippen molar-refractivity contribution in [3.63, 3.8) is 0 Å². The van der Waals surface area contributed by atoms with Gasteiger partial charge in [-0.3, -0.25) is 9.59 Å². The lowest BCUT2D eigenvalue weighted by Crippen LogP contribution is -2.27. The number of hydrogen-bond acceptors (Lipinski definition) is 6. The molecule has 8 nitrogen and oxygen atoms in total. The van der Waals surface area contributed by atoms with Crippen molar-refractivity contribution in [3.05, 3.63) is 36.2 Å². The molecule has 0 radical (unpaired) electrons. The number of hydrogen-bond donors (Lipinski definition) is 1. The summed E-state index contributed by atoms with van der Waals surface area (Å²) in [4.78, 5) is 23.6. The highest BCUT2D eigenvalue weighted by atomic mass is 16.5. The van der Waals surface area contributed by atoms with Crippen LogP contribution >= 0.6 is 0 Å². The Labute approximate surface area is 127 Å². The fraction of sp³-hybridized carbons (Fsp3) is 0.357. The summed E-state index contributed by atoms with van der Waals surface area (Å²) in [5.74, 6) is -0.620. The van der Waals surface area contributed by atoms with E-state index in [4.69, 9.17) is 4.74 Å². The van der Waals surface area contributed by atoms with Gasteiger partial charge in [-0.2, -0.15) is 4.68 Å². The maximum absolute atomic E-state index is 12.2. The number of para-hydroxylation sites is 1. The van der Waals surface area contributed by atoms with E-state index in [9.17, 15) is 9.59 Å². The minimum atomic E-state index is -0.323. The number of esters is 1. The highest BCUT2D eigenvalue weighted by molar-refractivity contribution is 5.97. The summed E-state index contributed by atoms with van der Waals surface area (Å²) in [5, 5.41) is 13.6. The van der Waals surface area contributed by atoms with Crippen molar-refractivity contribution < 1.29 is 14.3 Å². The molecule has 0 saturated carbocycles. The van der Waals surface area contributed by atoms with E-state index >= 15 is 0 Å². The highest BCUT2D eigenvalue weighted by Gasteiger charge is 2.13. The minimum Gasteiger partial charge on any atom is -0.466 e. The zero-order valence-corrected chi connectivity index (χ0v) is 12.2. The molecule has 1 heterocycles. The molecule has 22 heavy (non-hydrogen) atoms. The first kappa shape index (κ1) is 15.6. The van der Waals surface area contributed by atoms with Gasteiger partial charge in [-0.15, -0.1) is 5.10 Å². The van der Waals surface area contributed by atoms with Crippen LogP contribution in [0.2, 0.25) is 0 Å². The maximum Gasteiger partial charge on any atom is 0.307 e. The van der Waals surface area contributed by atoms with Crippen molar-refractivity contribution in [1.82, 2.24) is 25.5 Å². The van der Waals surface area contributed by atoms with Crippen LogP contribution in [0.5, 0.6) is 0 Å². The third-order valence-electron chi connectivity index (χ3n) is 2.83. The van der Waals surface area contributed by atoms with Gasteiger partial charge in [0.1, 0.15) is 6.33 Å². The third-order valence-corrected chi connectivity index (χ3v) is 2.83. The molecule has 0 aliphatic carbocycles. The molecular weight excluding hydrogens is 286 g/mol. The number of aromatic nitrogens is 4. The Kier molecular flexibility index (Phi) is 5.58. The summed E-state index contributed by atoms with van der Waals surface area (Å²) < 4.78 is 6.35. The number of rotatable bonds is 7. The summed E-state index contributed by atoms with van der Waals surface area (Å²) in [7, 11) is 0. The Morgan fingerprint density at radius 3 is 2.86 bits per heavy atom. The van der Waals surface area contributed by atoms with Crippen molar-refractivity contribution in [2.24, 2.45) is 0 Å². The van der Waals surface area contributed by atoms with E-state index < -0.39 is 0 Å². The number of benzene rings is 1. The topological polar surface area (TPSA) is 99.0 Å². The summed E-state index contributed by atoms with van der Waals surface area (Å²) in [6.45, 7) is 2.53. The zero-order chi connectivity index (χ0) is 15.8. The average Bonchev–Trinajstić information content (AvgIpc) is 3.07. The molecule has 0 fully saturated rings. The van der Waals surface area contributed by atoms with Crippen LogP contribution in [0.1, 0.15) is 30.1 Å². The molecule has 1 amide bonds. The summed E-state index contributed by atoms with van der Waals surface area (Å²) >= 11 is 0. The van der Waals surface area contributed by atoms with Gasteiger partial charge >= 0.3 is 5.97 Å². The van der Waals surface area contributed by atoms with Gasteiger partial charge in [-0.05, 0) is 29.0 Å². The molecule has 0 saturated heterocycles. The molecule has 0 spiro atoms. The standard InChI is InChI=1S/C14H17N5O3/c1-2-9-22-13(20)7-8-15-14(21)11-5-3-4-6-12(11)19-10-16-17-18-19/h3-6,10H,2,7-9H2,1H3,(H,15,21). The van der Waals surface area contributed by atoms with Crippen LogP contribution in [-0.4, -0.2) is 45.2 Å². The monoisotopic (exact) mass is 303 g/mol. The second-order valence-electron chi connectivity index (χ2n) is 4.50. The Morgan fingerprint density at radius 2 is 2.14 bits per heavy atom. The SMILES string of the molecule is CCCOC(=O)CCNC(=O)c1ccccc1-n1cnnn1. The first-order valence-electron chi connectivity index (χ1n) is 6.98. The van der Waals surface area contributed by atoms with Crippen molar-refractivity contribution in [2.45, 2.75) is 19.8 Å². The molecule has 0 bridgehead atoms. The number of carbonyl (C=O) groups excluding carboxylic acids is 2. The number of ether oxygens (including phenoxy) is 1. The van der Waals surface area contributed by atoms with E-state index in [-0.39, 0.29) is 24.8 Å². The predicted octanol–water partition coefficient (Wildman–Crippen LogP) is 0.735. The average molecular weight is 303 g/mol. The van der Waals surface area contributed by atoms with Crippen LogP contribution in [0.15, 0.2) is 30.6 Å². The highest BCUT2D eigenvalue weighted by Crippen LogP contribution is 2.12. The Bertz CT molecular complexity index is 627. The Morgan fingerprint density at radius 1 is 1.32 bits per heavy atom. The second-order valence-corrected chi connectivity index (χ2v) is 4.50. The van der Waals surface area contributed by atoms with Gasteiger partial charge in [0.25, 0.3) is 5.91 Å². The third kappa shape index (κ3) is 4.11. The van der Waals surface area contributed by atoms with Gasteiger partial charge in [-0.1, -0.05) is 19.1 Å². The molecule has 2 aromatic rings. The lowest BCUT2D eigenvalue weighted by molar-refractivity contribution is -0.143. The van der Waals surface area contributed by atoms with Crippen LogP contribution < -0.4 is 5.32 Å². The molecule has 116 valence electrons. The van der Waals surface area contributed by atoms with Crippen molar-refractivity contribution in [2.75, 3.05) is 13.2 Å². The number of tetrazole rings is 1. The van der Waals surface area contributed by atoms with E-state index in [0.717, 1.165) is 6.42 Å². The molecule has 0 aliphatic rings. The van der Waals surface area contributed by atoms with Gasteiger partial charge in [0.2, 0.25) is 0 Å². The summed E-state index contributed by atoms with van der Waals surface area (Å²) in [6, 6.07) is 6.94. The molecule has 2 rings (SSSR count). The van der Waals surface area contributed by atoms with Gasteiger partial charge in [-0.25, -0.2) is 0 Å². The van der Waals surface area contributed by atoms with Crippen LogP contribution in [-0.2, 0) is 9.53 Å². The summed E-state index contributed by atoms with van der Waals surface area (Å²) in [5.41, 5.74) is 0.996. The van der Waals surface area contributed by atoms with E-state index in [1.807, 2.05) is 6.92 Å². The van der Waals surface area contributed by atoms with Crippen LogP contribution in [0.3, 0.4) is 0 Å². The first-order valence-corrected chi connectivity index (χ1v) is 6.98. The normalized spacial score (nSPS) is 10.2. The predicted molar refractivity (Wildman–Crippen MR) is 77.4 cm³/mol. The molecule has 0 unspecified atom stereocenters. The lowest BCUT2D eigenvalue weighted by Gasteiger charge is -2.09. The van der Waals surface area contributed by atoms with E-state index in [2.05, 4.69) is 20.8 Å². The molecule has 1 N–H and O–H groups in total. The Balaban J connectivity index is 1.95. The molecular formula is C14H17N5O3. The molecule has 0 aliphatic heterocycles. The quantitative estimate of drug-likeness (QED) is 0.757. The number of amides is 1. The fourth-order valence-corrected chi connectivity index (χ4v) is 1.80. The molecule has 0 atom stereocenters. The van der Waals surface area contributed by atoms with Crippen molar-refractivity contribution in [1.29, 1.82) is 0 Å². The van der Waals surface area contributed by atoms with Crippen LogP contribution in [0, 0.1) is 0 Å². The fourth-order valence-electron chi connectivity index (χ4n) is 1.80. The lowest BCUT2D eigenvalue weighted by atomic mass is 10.1. The van der Waals surface area contributed by atoms with Crippen molar-refractivity contribution >= 4 is 11.9 Å². The van der Waals surface area contributed by atoms with E-state index in [0.29, 0.717) is 17.9 Å². The molecule has 1 aromatic heterocycles. The Hall–Kier alpha value is -2.77. The molecule has 8 heteroatoms. The van der Waals surface area contributed by atoms with Gasteiger partial charge in [0, 0.05) is 6.54 Å². The molecule has 1 aromatic carbocycles. The van der Waals surface area contributed by atoms with Crippen LogP contribution in [0.4, 0.5) is 0 Å². The number of carbonyl (C=O) groups is 2. The first-order chi connectivity index (χ1) is 10.7. The maximum atomic E-state index is 12.2. The number of nitrogens with one attached hydrogen (secondary N) is 1. The summed E-state index contributed by atoms with van der Waals surface area (Å²) in [6.07, 6.45) is 2.32.